The molecule has 9 nitrogen and oxygen atoms in total. The number of halogens is 1. The van der Waals surface area contributed by atoms with E-state index in [9.17, 15) is 14.7 Å². The van der Waals surface area contributed by atoms with Crippen molar-refractivity contribution in [2.75, 3.05) is 44.8 Å². The van der Waals surface area contributed by atoms with Crippen LogP contribution in [-0.2, 0) is 16.1 Å². The summed E-state index contributed by atoms with van der Waals surface area (Å²) in [4.78, 5) is 37.9. The number of hydrogen-bond acceptors (Lipinski definition) is 7. The smallest absolute Gasteiger partial charge is 0.254 e. The van der Waals surface area contributed by atoms with Crippen molar-refractivity contribution in [2.45, 2.75) is 32.4 Å². The number of amides is 2. The summed E-state index contributed by atoms with van der Waals surface area (Å²) < 4.78 is 5.40. The first-order valence-electron chi connectivity index (χ1n) is 11.5. The van der Waals surface area contributed by atoms with E-state index in [1.54, 1.807) is 22.1 Å². The number of fused-ring (bicyclic) bond motifs is 1. The van der Waals surface area contributed by atoms with Crippen molar-refractivity contribution in [2.24, 2.45) is 5.41 Å². The topological polar surface area (TPSA) is 108 Å². The van der Waals surface area contributed by atoms with Gasteiger partial charge in [0, 0.05) is 55.4 Å². The molecule has 3 aliphatic rings. The highest BCUT2D eigenvalue weighted by molar-refractivity contribution is 6.33. The average Bonchev–Trinajstić information content (AvgIpc) is 3.13. The number of likely N-dealkylation sites (tertiary alicyclic amines) is 1. The molecule has 4 heterocycles. The van der Waals surface area contributed by atoms with Crippen LogP contribution in [0.3, 0.4) is 0 Å². The molecule has 0 unspecified atom stereocenters. The lowest BCUT2D eigenvalue weighted by atomic mass is 9.83. The maximum atomic E-state index is 13.1. The van der Waals surface area contributed by atoms with Crippen LogP contribution in [0.1, 0.15) is 35.7 Å². The molecule has 0 radical (unpaired) electrons. The molecule has 0 aliphatic carbocycles. The van der Waals surface area contributed by atoms with Crippen LogP contribution in [0.15, 0.2) is 24.4 Å². The van der Waals surface area contributed by atoms with Gasteiger partial charge in [-0.25, -0.2) is 9.97 Å². The zero-order chi connectivity index (χ0) is 23.9. The van der Waals surface area contributed by atoms with Crippen molar-refractivity contribution >= 4 is 29.4 Å². The van der Waals surface area contributed by atoms with E-state index in [0.29, 0.717) is 55.1 Å². The van der Waals surface area contributed by atoms with Gasteiger partial charge in [-0.2, -0.15) is 0 Å². The summed E-state index contributed by atoms with van der Waals surface area (Å²) >= 11 is 6.41. The van der Waals surface area contributed by atoms with Crippen LogP contribution in [0.5, 0.6) is 0 Å². The lowest BCUT2D eigenvalue weighted by Crippen LogP contribution is -2.60. The largest absolute Gasteiger partial charge is 0.396 e. The molecule has 34 heavy (non-hydrogen) atoms. The molecule has 180 valence electrons. The SMILES string of the molecule is CC1(CO)CN(C(=O)CN2Cc3ccc(-c4nc(NC5CCOCC5)ncc4Cl)cc3C2=O)C1. The molecule has 0 spiro atoms. The fraction of sp³-hybridized carbons (Fsp3) is 0.500. The molecular formula is C24H28ClN5O4. The molecule has 5 rings (SSSR count). The Balaban J connectivity index is 1.29. The highest BCUT2D eigenvalue weighted by Gasteiger charge is 2.41. The Bertz CT molecular complexity index is 1110. The van der Waals surface area contributed by atoms with E-state index in [0.717, 1.165) is 24.0 Å². The number of anilines is 1. The minimum atomic E-state index is -0.238. The van der Waals surface area contributed by atoms with Crippen LogP contribution in [0.2, 0.25) is 5.02 Å². The molecular weight excluding hydrogens is 458 g/mol. The van der Waals surface area contributed by atoms with Gasteiger partial charge in [-0.1, -0.05) is 30.7 Å². The number of nitrogens with one attached hydrogen (secondary N) is 1. The fourth-order valence-electron chi connectivity index (χ4n) is 4.71. The summed E-state index contributed by atoms with van der Waals surface area (Å²) in [7, 11) is 0. The van der Waals surface area contributed by atoms with Crippen LogP contribution in [0, 0.1) is 5.41 Å². The summed E-state index contributed by atoms with van der Waals surface area (Å²) in [6, 6.07) is 5.83. The van der Waals surface area contributed by atoms with Crippen molar-refractivity contribution in [3.63, 3.8) is 0 Å². The van der Waals surface area contributed by atoms with Gasteiger partial charge in [-0.05, 0) is 24.5 Å². The fourth-order valence-corrected chi connectivity index (χ4v) is 4.91. The predicted molar refractivity (Wildman–Crippen MR) is 126 cm³/mol. The highest BCUT2D eigenvalue weighted by atomic mass is 35.5. The van der Waals surface area contributed by atoms with Gasteiger partial charge < -0.3 is 25.0 Å². The van der Waals surface area contributed by atoms with Crippen molar-refractivity contribution in [1.82, 2.24) is 19.8 Å². The number of hydrogen-bond donors (Lipinski definition) is 2. The molecule has 2 saturated heterocycles. The summed E-state index contributed by atoms with van der Waals surface area (Å²) in [6.07, 6.45) is 3.35. The van der Waals surface area contributed by atoms with E-state index < -0.39 is 0 Å². The summed E-state index contributed by atoms with van der Waals surface area (Å²) in [5, 5.41) is 13.1. The lowest BCUT2D eigenvalue weighted by Gasteiger charge is -2.47. The van der Waals surface area contributed by atoms with Gasteiger partial charge in [0.25, 0.3) is 5.91 Å². The number of ether oxygens (including phenoxy) is 1. The predicted octanol–water partition coefficient (Wildman–Crippen LogP) is 2.18. The van der Waals surface area contributed by atoms with Crippen molar-refractivity contribution in [1.29, 1.82) is 0 Å². The van der Waals surface area contributed by atoms with E-state index in [1.807, 2.05) is 19.1 Å². The van der Waals surface area contributed by atoms with Gasteiger partial charge in [-0.15, -0.1) is 0 Å². The normalized spacial score (nSPS) is 19.7. The molecule has 2 amide bonds. The lowest BCUT2D eigenvalue weighted by molar-refractivity contribution is -0.145. The number of rotatable bonds is 6. The van der Waals surface area contributed by atoms with Crippen molar-refractivity contribution < 1.29 is 19.4 Å². The third-order valence-electron chi connectivity index (χ3n) is 6.77. The van der Waals surface area contributed by atoms with Crippen molar-refractivity contribution in [3.8, 4) is 11.3 Å². The molecule has 3 aliphatic heterocycles. The number of benzene rings is 1. The number of carbonyl (C=O) groups excluding carboxylic acids is 2. The second-order valence-electron chi connectivity index (χ2n) is 9.67. The Kier molecular flexibility index (Phi) is 6.18. The maximum Gasteiger partial charge on any atom is 0.254 e. The second-order valence-corrected chi connectivity index (χ2v) is 10.1. The van der Waals surface area contributed by atoms with Crippen LogP contribution in [0.4, 0.5) is 5.95 Å². The summed E-state index contributed by atoms with van der Waals surface area (Å²) in [6.45, 7) is 4.85. The molecule has 2 N–H and O–H groups in total. The molecule has 1 aromatic carbocycles. The quantitative estimate of drug-likeness (QED) is 0.645. The van der Waals surface area contributed by atoms with Gasteiger partial charge in [0.05, 0.1) is 23.5 Å². The molecule has 0 bridgehead atoms. The van der Waals surface area contributed by atoms with E-state index in [2.05, 4.69) is 15.3 Å². The van der Waals surface area contributed by atoms with Crippen LogP contribution >= 0.6 is 11.6 Å². The van der Waals surface area contributed by atoms with Crippen LogP contribution in [-0.4, -0.2) is 82.2 Å². The molecule has 10 heteroatoms. The second kappa shape index (κ2) is 9.13. The van der Waals surface area contributed by atoms with Crippen molar-refractivity contribution in [3.05, 3.63) is 40.5 Å². The molecule has 2 fully saturated rings. The molecule has 1 aromatic heterocycles. The minimum Gasteiger partial charge on any atom is -0.396 e. The van der Waals surface area contributed by atoms with Gasteiger partial charge in [0.1, 0.15) is 6.54 Å². The number of aliphatic hydroxyl groups excluding tert-OH is 1. The first-order valence-corrected chi connectivity index (χ1v) is 11.9. The summed E-state index contributed by atoms with van der Waals surface area (Å²) in [5.41, 5.74) is 2.47. The van der Waals surface area contributed by atoms with E-state index in [1.165, 1.54) is 0 Å². The minimum absolute atomic E-state index is 0.0256. The Hall–Kier alpha value is -2.75. The number of nitrogens with zero attached hydrogens (tertiary/aromatic N) is 4. The average molecular weight is 486 g/mol. The van der Waals surface area contributed by atoms with Crippen LogP contribution < -0.4 is 5.32 Å². The Morgan fingerprint density at radius 1 is 1.32 bits per heavy atom. The van der Waals surface area contributed by atoms with E-state index in [-0.39, 0.29) is 36.4 Å². The third-order valence-corrected chi connectivity index (χ3v) is 7.04. The first-order chi connectivity index (χ1) is 16.3. The highest BCUT2D eigenvalue weighted by Crippen LogP contribution is 2.33. The van der Waals surface area contributed by atoms with Gasteiger partial charge in [0.15, 0.2) is 0 Å². The Morgan fingerprint density at radius 2 is 2.09 bits per heavy atom. The zero-order valence-electron chi connectivity index (χ0n) is 19.1. The molecule has 0 atom stereocenters. The van der Waals surface area contributed by atoms with E-state index >= 15 is 0 Å². The monoisotopic (exact) mass is 485 g/mol. The molecule has 0 saturated carbocycles. The number of carbonyl (C=O) groups is 2. The zero-order valence-corrected chi connectivity index (χ0v) is 19.8. The number of aliphatic hydroxyl groups is 1. The van der Waals surface area contributed by atoms with Gasteiger partial charge in [-0.3, -0.25) is 9.59 Å². The Labute approximate surface area is 203 Å². The van der Waals surface area contributed by atoms with Crippen LogP contribution in [0.25, 0.3) is 11.3 Å². The third kappa shape index (κ3) is 4.47. The van der Waals surface area contributed by atoms with E-state index in [4.69, 9.17) is 16.3 Å². The standard InChI is InChI=1S/C24H28ClN5O4/c1-24(14-31)12-30(13-24)20(32)11-29-10-16-3-2-15(8-18(16)22(29)33)21-19(25)9-26-23(28-21)27-17-4-6-34-7-5-17/h2-3,8-9,17,31H,4-7,10-14H2,1H3,(H,26,27,28). The first kappa shape index (κ1) is 23.0. The van der Waals surface area contributed by atoms with Gasteiger partial charge in [0.2, 0.25) is 11.9 Å². The summed E-state index contributed by atoms with van der Waals surface area (Å²) in [5.74, 6) is 0.214. The number of aromatic nitrogens is 2. The maximum absolute atomic E-state index is 13.1. The Morgan fingerprint density at radius 3 is 2.82 bits per heavy atom. The van der Waals surface area contributed by atoms with Gasteiger partial charge >= 0.3 is 0 Å². The molecule has 2 aromatic rings.